The number of phenolic OH excluding ortho intramolecular Hbond substituents is 2. The van der Waals surface area contributed by atoms with Crippen LogP contribution in [0.25, 0.3) is 0 Å². The molecule has 0 fully saturated rings. The van der Waals surface area contributed by atoms with Gasteiger partial charge in [0.25, 0.3) is 0 Å². The minimum Gasteiger partial charge on any atom is -0.508 e. The third-order valence-corrected chi connectivity index (χ3v) is 2.29. The summed E-state index contributed by atoms with van der Waals surface area (Å²) in [4.78, 5) is 2.13. The lowest BCUT2D eigenvalue weighted by atomic mass is 10.2. The summed E-state index contributed by atoms with van der Waals surface area (Å²) in [6.45, 7) is 6.07. The Balaban J connectivity index is 2.89. The van der Waals surface area contributed by atoms with Crippen LogP contribution in [0.1, 0.15) is 26.7 Å². The Morgan fingerprint density at radius 3 is 2.13 bits per heavy atom. The van der Waals surface area contributed by atoms with Gasteiger partial charge in [0.15, 0.2) is 0 Å². The third kappa shape index (κ3) is 3.05. The van der Waals surface area contributed by atoms with Crippen molar-refractivity contribution < 1.29 is 10.2 Å². The summed E-state index contributed by atoms with van der Waals surface area (Å²) in [5.41, 5.74) is 0.802. The van der Waals surface area contributed by atoms with E-state index < -0.39 is 0 Å². The summed E-state index contributed by atoms with van der Waals surface area (Å²) in [6, 6.07) is 4.75. The van der Waals surface area contributed by atoms with Crippen LogP contribution in [-0.2, 0) is 0 Å². The van der Waals surface area contributed by atoms with Gasteiger partial charge < -0.3 is 15.1 Å². The molecule has 0 aliphatic rings. The summed E-state index contributed by atoms with van der Waals surface area (Å²) < 4.78 is 0. The number of rotatable bonds is 5. The molecular formula is C12H19NO2. The fourth-order valence-corrected chi connectivity index (χ4v) is 1.67. The standard InChI is InChI=1S/C12H19NO2/c1-3-7-13(8-4-2)11-6-5-10(14)9-12(11)15/h5-6,9,14-15H,3-4,7-8H2,1-2H3. The molecule has 1 aromatic carbocycles. The van der Waals surface area contributed by atoms with Gasteiger partial charge in [-0.05, 0) is 25.0 Å². The second kappa shape index (κ2) is 5.49. The normalized spacial score (nSPS) is 10.3. The first-order valence-electron chi connectivity index (χ1n) is 5.46. The number of benzene rings is 1. The van der Waals surface area contributed by atoms with E-state index in [1.165, 1.54) is 6.07 Å². The molecule has 0 atom stereocenters. The zero-order valence-electron chi connectivity index (χ0n) is 9.40. The molecule has 1 aromatic rings. The smallest absolute Gasteiger partial charge is 0.142 e. The molecule has 0 saturated carbocycles. The van der Waals surface area contributed by atoms with Gasteiger partial charge in [-0.2, -0.15) is 0 Å². The maximum atomic E-state index is 9.71. The second-order valence-corrected chi connectivity index (χ2v) is 3.66. The number of anilines is 1. The molecule has 0 aliphatic carbocycles. The molecule has 0 aliphatic heterocycles. The highest BCUT2D eigenvalue weighted by Crippen LogP contribution is 2.30. The molecule has 0 unspecified atom stereocenters. The quantitative estimate of drug-likeness (QED) is 0.783. The summed E-state index contributed by atoms with van der Waals surface area (Å²) in [7, 11) is 0. The van der Waals surface area contributed by atoms with E-state index in [1.54, 1.807) is 12.1 Å². The van der Waals surface area contributed by atoms with Crippen LogP contribution < -0.4 is 4.90 Å². The SMILES string of the molecule is CCCN(CCC)c1ccc(O)cc1O. The van der Waals surface area contributed by atoms with Crippen molar-refractivity contribution in [2.75, 3.05) is 18.0 Å². The Hall–Kier alpha value is -1.38. The number of hydrogen-bond acceptors (Lipinski definition) is 3. The summed E-state index contributed by atoms with van der Waals surface area (Å²) in [6.07, 6.45) is 2.08. The lowest BCUT2D eigenvalue weighted by Gasteiger charge is -2.24. The van der Waals surface area contributed by atoms with Crippen LogP contribution in [0.5, 0.6) is 11.5 Å². The molecule has 3 heteroatoms. The third-order valence-electron chi connectivity index (χ3n) is 2.29. The Morgan fingerprint density at radius 2 is 1.67 bits per heavy atom. The number of nitrogens with zero attached hydrogens (tertiary/aromatic N) is 1. The fraction of sp³-hybridized carbons (Fsp3) is 0.500. The van der Waals surface area contributed by atoms with Crippen molar-refractivity contribution in [2.45, 2.75) is 26.7 Å². The molecule has 0 amide bonds. The Kier molecular flexibility index (Phi) is 4.28. The molecule has 15 heavy (non-hydrogen) atoms. The van der Waals surface area contributed by atoms with Crippen LogP contribution in [0.3, 0.4) is 0 Å². The van der Waals surface area contributed by atoms with Crippen molar-refractivity contribution in [1.29, 1.82) is 0 Å². The second-order valence-electron chi connectivity index (χ2n) is 3.66. The van der Waals surface area contributed by atoms with Gasteiger partial charge in [-0.3, -0.25) is 0 Å². The maximum Gasteiger partial charge on any atom is 0.142 e. The molecular weight excluding hydrogens is 190 g/mol. The molecule has 0 radical (unpaired) electrons. The molecule has 0 bridgehead atoms. The van der Waals surface area contributed by atoms with Crippen LogP contribution in [0, 0.1) is 0 Å². The van der Waals surface area contributed by atoms with E-state index in [2.05, 4.69) is 18.7 Å². The van der Waals surface area contributed by atoms with E-state index in [-0.39, 0.29) is 11.5 Å². The zero-order chi connectivity index (χ0) is 11.3. The van der Waals surface area contributed by atoms with Gasteiger partial charge in [0.1, 0.15) is 11.5 Å². The highest BCUT2D eigenvalue weighted by atomic mass is 16.3. The molecule has 0 spiro atoms. The van der Waals surface area contributed by atoms with Crippen molar-refractivity contribution in [3.63, 3.8) is 0 Å². The number of hydrogen-bond donors (Lipinski definition) is 2. The Labute approximate surface area is 91.0 Å². The van der Waals surface area contributed by atoms with Gasteiger partial charge >= 0.3 is 0 Å². The topological polar surface area (TPSA) is 43.7 Å². The molecule has 0 heterocycles. The van der Waals surface area contributed by atoms with Crippen molar-refractivity contribution in [3.8, 4) is 11.5 Å². The monoisotopic (exact) mass is 209 g/mol. The van der Waals surface area contributed by atoms with E-state index >= 15 is 0 Å². The number of aromatic hydroxyl groups is 2. The molecule has 3 nitrogen and oxygen atoms in total. The Bertz CT molecular complexity index is 306. The van der Waals surface area contributed by atoms with Crippen molar-refractivity contribution in [2.24, 2.45) is 0 Å². The van der Waals surface area contributed by atoms with Crippen molar-refractivity contribution in [1.82, 2.24) is 0 Å². The van der Waals surface area contributed by atoms with Crippen LogP contribution >= 0.6 is 0 Å². The van der Waals surface area contributed by atoms with E-state index in [9.17, 15) is 10.2 Å². The van der Waals surface area contributed by atoms with E-state index in [0.29, 0.717) is 0 Å². The Morgan fingerprint density at radius 1 is 1.07 bits per heavy atom. The van der Waals surface area contributed by atoms with Crippen LogP contribution in [0.4, 0.5) is 5.69 Å². The largest absolute Gasteiger partial charge is 0.508 e. The first-order chi connectivity index (χ1) is 7.19. The lowest BCUT2D eigenvalue weighted by molar-refractivity contribution is 0.449. The highest BCUT2D eigenvalue weighted by Gasteiger charge is 2.09. The first-order valence-corrected chi connectivity index (χ1v) is 5.46. The van der Waals surface area contributed by atoms with Gasteiger partial charge in [0.2, 0.25) is 0 Å². The zero-order valence-corrected chi connectivity index (χ0v) is 9.40. The van der Waals surface area contributed by atoms with Crippen LogP contribution in [-0.4, -0.2) is 23.3 Å². The van der Waals surface area contributed by atoms with Gasteiger partial charge in [0.05, 0.1) is 5.69 Å². The molecule has 2 N–H and O–H groups in total. The fourth-order valence-electron chi connectivity index (χ4n) is 1.67. The van der Waals surface area contributed by atoms with Crippen LogP contribution in [0.2, 0.25) is 0 Å². The maximum absolute atomic E-state index is 9.71. The first kappa shape index (κ1) is 11.7. The number of phenols is 2. The summed E-state index contributed by atoms with van der Waals surface area (Å²) in [5.74, 6) is 0.251. The van der Waals surface area contributed by atoms with Gasteiger partial charge in [-0.25, -0.2) is 0 Å². The van der Waals surface area contributed by atoms with Crippen LogP contribution in [0.15, 0.2) is 18.2 Å². The van der Waals surface area contributed by atoms with E-state index in [4.69, 9.17) is 0 Å². The predicted molar refractivity (Wildman–Crippen MR) is 62.6 cm³/mol. The molecule has 84 valence electrons. The summed E-state index contributed by atoms with van der Waals surface area (Å²) in [5, 5.41) is 18.9. The predicted octanol–water partition coefficient (Wildman–Crippen LogP) is 2.72. The average Bonchev–Trinajstić information content (AvgIpc) is 2.17. The molecule has 0 aromatic heterocycles. The average molecular weight is 209 g/mol. The lowest BCUT2D eigenvalue weighted by Crippen LogP contribution is -2.24. The van der Waals surface area contributed by atoms with Gasteiger partial charge in [-0.15, -0.1) is 0 Å². The molecule has 0 saturated heterocycles. The van der Waals surface area contributed by atoms with Crippen molar-refractivity contribution >= 4 is 5.69 Å². The summed E-state index contributed by atoms with van der Waals surface area (Å²) >= 11 is 0. The minimum atomic E-state index is 0.101. The van der Waals surface area contributed by atoms with Crippen molar-refractivity contribution in [3.05, 3.63) is 18.2 Å². The van der Waals surface area contributed by atoms with Gasteiger partial charge in [0, 0.05) is 19.2 Å². The highest BCUT2D eigenvalue weighted by molar-refractivity contribution is 5.60. The minimum absolute atomic E-state index is 0.101. The van der Waals surface area contributed by atoms with Gasteiger partial charge in [-0.1, -0.05) is 13.8 Å². The van der Waals surface area contributed by atoms with E-state index in [0.717, 1.165) is 31.6 Å². The molecule has 1 rings (SSSR count). The van der Waals surface area contributed by atoms with E-state index in [1.807, 2.05) is 0 Å².